The number of aromatic nitrogens is 1. The van der Waals surface area contributed by atoms with Crippen molar-refractivity contribution in [1.82, 2.24) is 10.3 Å². The van der Waals surface area contributed by atoms with E-state index in [2.05, 4.69) is 15.3 Å². The van der Waals surface area contributed by atoms with Gasteiger partial charge in [-0.1, -0.05) is 12.1 Å². The van der Waals surface area contributed by atoms with Crippen LogP contribution in [0.1, 0.15) is 15.9 Å². The molecule has 0 fully saturated rings. The van der Waals surface area contributed by atoms with Crippen molar-refractivity contribution < 1.29 is 24.5 Å². The minimum atomic E-state index is -0.487. The zero-order valence-corrected chi connectivity index (χ0v) is 16.1. The number of nitrogens with zero attached hydrogens (tertiary/aromatic N) is 2. The van der Waals surface area contributed by atoms with Crippen LogP contribution < -0.4 is 10.7 Å². The fourth-order valence-electron chi connectivity index (χ4n) is 3.13. The van der Waals surface area contributed by atoms with Gasteiger partial charge in [-0.15, -0.1) is 0 Å². The van der Waals surface area contributed by atoms with Gasteiger partial charge < -0.3 is 25.1 Å². The van der Waals surface area contributed by atoms with E-state index >= 15 is 0 Å². The first-order valence-electron chi connectivity index (χ1n) is 9.25. The largest absolute Gasteiger partial charge is 0.508 e. The maximum atomic E-state index is 12.8. The Bertz CT molecular complexity index is 1280. The van der Waals surface area contributed by atoms with Crippen LogP contribution >= 0.6 is 0 Å². The molecule has 4 rings (SSSR count). The summed E-state index contributed by atoms with van der Waals surface area (Å²) < 4.78 is 5.74. The van der Waals surface area contributed by atoms with E-state index < -0.39 is 17.4 Å². The Balaban J connectivity index is 1.68. The number of carbonyl (C=O) groups is 1. The Morgan fingerprint density at radius 1 is 1.10 bits per heavy atom. The van der Waals surface area contributed by atoms with Crippen LogP contribution in [0.25, 0.3) is 22.6 Å². The van der Waals surface area contributed by atoms with E-state index in [9.17, 15) is 20.1 Å². The number of nitrogens with one attached hydrogen (secondary N) is 1. The molecule has 0 saturated carbocycles. The molecule has 0 bridgehead atoms. The molecule has 2 aromatic rings. The van der Waals surface area contributed by atoms with Crippen LogP contribution in [0.4, 0.5) is 0 Å². The number of phenolic OH excluding ortho intramolecular Hbond substituents is 3. The molecule has 2 aromatic carbocycles. The Labute approximate surface area is 171 Å². The summed E-state index contributed by atoms with van der Waals surface area (Å²) in [6, 6.07) is 13.0. The molecule has 4 N–H and O–H groups in total. The number of aromatic hydroxyl groups is 3. The van der Waals surface area contributed by atoms with Gasteiger partial charge in [-0.05, 0) is 42.3 Å². The quantitative estimate of drug-likeness (QED) is 0.305. The summed E-state index contributed by atoms with van der Waals surface area (Å²) in [5.41, 5.74) is 1.57. The maximum absolute atomic E-state index is 12.8. The minimum Gasteiger partial charge on any atom is -0.508 e. The summed E-state index contributed by atoms with van der Waals surface area (Å²) in [4.78, 5) is 21.3. The standard InChI is InChI=1S/C22H19N3O5/c1-23-13-4-7-16-18(10-13)30-21-19(25-16)15(11-17(27)20(21)28)22(29)24-9-8-12-2-5-14(26)6-3-12/h2-7,10-11,26-28H,8-9H2,1H3,(H,24,29)/b23-13-. The molecule has 1 aliphatic heterocycles. The van der Waals surface area contributed by atoms with Gasteiger partial charge in [0, 0.05) is 19.7 Å². The molecule has 0 radical (unpaired) electrons. The van der Waals surface area contributed by atoms with E-state index in [4.69, 9.17) is 4.42 Å². The average molecular weight is 405 g/mol. The third-order valence-corrected chi connectivity index (χ3v) is 4.74. The Hall–Kier alpha value is -4.07. The van der Waals surface area contributed by atoms with Gasteiger partial charge >= 0.3 is 0 Å². The lowest BCUT2D eigenvalue weighted by atomic mass is 10.1. The molecule has 30 heavy (non-hydrogen) atoms. The van der Waals surface area contributed by atoms with Crippen molar-refractivity contribution >= 4 is 17.0 Å². The zero-order chi connectivity index (χ0) is 21.3. The Morgan fingerprint density at radius 2 is 1.87 bits per heavy atom. The topological polar surface area (TPSA) is 128 Å². The first kappa shape index (κ1) is 19.3. The number of hydrogen-bond donors (Lipinski definition) is 4. The highest BCUT2D eigenvalue weighted by molar-refractivity contribution is 6.07. The highest BCUT2D eigenvalue weighted by Gasteiger charge is 2.21. The summed E-state index contributed by atoms with van der Waals surface area (Å²) in [6.45, 7) is 0.332. The second kappa shape index (κ2) is 7.75. The number of carbonyl (C=O) groups excluding carboxylic acids is 1. The first-order valence-corrected chi connectivity index (χ1v) is 9.25. The second-order valence-corrected chi connectivity index (χ2v) is 6.73. The summed E-state index contributed by atoms with van der Waals surface area (Å²) >= 11 is 0. The van der Waals surface area contributed by atoms with Gasteiger partial charge in [0.25, 0.3) is 5.91 Å². The van der Waals surface area contributed by atoms with E-state index in [1.54, 1.807) is 49.5 Å². The maximum Gasteiger partial charge on any atom is 0.253 e. The fourth-order valence-corrected chi connectivity index (χ4v) is 3.13. The molecule has 0 aromatic heterocycles. The highest BCUT2D eigenvalue weighted by atomic mass is 16.4. The van der Waals surface area contributed by atoms with Crippen molar-refractivity contribution in [3.63, 3.8) is 0 Å². The number of fused-ring (bicyclic) bond motifs is 2. The molecule has 1 aliphatic carbocycles. The van der Waals surface area contributed by atoms with Crippen molar-refractivity contribution in [1.29, 1.82) is 0 Å². The number of amides is 1. The van der Waals surface area contributed by atoms with Crippen LogP contribution in [0.5, 0.6) is 17.2 Å². The van der Waals surface area contributed by atoms with Crippen molar-refractivity contribution in [3.05, 3.63) is 65.0 Å². The van der Waals surface area contributed by atoms with Crippen LogP contribution in [-0.4, -0.2) is 39.8 Å². The normalized spacial score (nSPS) is 11.8. The summed E-state index contributed by atoms with van der Waals surface area (Å²) in [5.74, 6) is -0.886. The molecule has 1 amide bonds. The molecule has 1 heterocycles. The van der Waals surface area contributed by atoms with E-state index in [1.807, 2.05) is 0 Å². The highest BCUT2D eigenvalue weighted by Crippen LogP contribution is 2.38. The number of benzene rings is 3. The van der Waals surface area contributed by atoms with Crippen LogP contribution in [0.3, 0.4) is 0 Å². The lowest BCUT2D eigenvalue weighted by Crippen LogP contribution is -2.26. The van der Waals surface area contributed by atoms with E-state index in [0.717, 1.165) is 11.6 Å². The molecule has 152 valence electrons. The Morgan fingerprint density at radius 3 is 2.60 bits per heavy atom. The molecule has 0 spiro atoms. The van der Waals surface area contributed by atoms with Crippen molar-refractivity contribution in [2.45, 2.75) is 6.42 Å². The van der Waals surface area contributed by atoms with Crippen LogP contribution in [0.2, 0.25) is 0 Å². The predicted molar refractivity (Wildman–Crippen MR) is 110 cm³/mol. The lowest BCUT2D eigenvalue weighted by Gasteiger charge is -2.12. The van der Waals surface area contributed by atoms with Gasteiger partial charge in [0.2, 0.25) is 5.75 Å². The summed E-state index contributed by atoms with van der Waals surface area (Å²) in [5, 5.41) is 33.1. The van der Waals surface area contributed by atoms with Crippen molar-refractivity contribution in [2.75, 3.05) is 13.6 Å². The average Bonchev–Trinajstić information content (AvgIpc) is 2.76. The van der Waals surface area contributed by atoms with Crippen LogP contribution in [0, 0.1) is 0 Å². The van der Waals surface area contributed by atoms with Gasteiger partial charge in [0.05, 0.1) is 10.9 Å². The van der Waals surface area contributed by atoms with Gasteiger partial charge in [-0.2, -0.15) is 0 Å². The predicted octanol–water partition coefficient (Wildman–Crippen LogP) is 2.55. The van der Waals surface area contributed by atoms with Gasteiger partial charge in [0.1, 0.15) is 17.0 Å². The zero-order valence-electron chi connectivity index (χ0n) is 16.1. The second-order valence-electron chi connectivity index (χ2n) is 6.73. The van der Waals surface area contributed by atoms with Crippen LogP contribution in [-0.2, 0) is 6.42 Å². The minimum absolute atomic E-state index is 0.0839. The monoisotopic (exact) mass is 405 g/mol. The lowest BCUT2D eigenvalue weighted by molar-refractivity contribution is 0.0955. The van der Waals surface area contributed by atoms with Gasteiger partial charge in [-0.25, -0.2) is 4.98 Å². The van der Waals surface area contributed by atoms with Crippen molar-refractivity contribution in [2.24, 2.45) is 4.99 Å². The number of hydrogen-bond acceptors (Lipinski definition) is 7. The number of phenols is 3. The summed E-state index contributed by atoms with van der Waals surface area (Å²) in [7, 11) is 1.64. The van der Waals surface area contributed by atoms with E-state index in [-0.39, 0.29) is 22.4 Å². The molecular weight excluding hydrogens is 386 g/mol. The molecular formula is C22H19N3O5. The first-order chi connectivity index (χ1) is 14.5. The van der Waals surface area contributed by atoms with E-state index in [0.29, 0.717) is 29.8 Å². The third-order valence-electron chi connectivity index (χ3n) is 4.74. The number of rotatable bonds is 4. The van der Waals surface area contributed by atoms with Crippen LogP contribution in [0.15, 0.2) is 57.9 Å². The fraction of sp³-hybridized carbons (Fsp3) is 0.136. The molecule has 0 saturated heterocycles. The van der Waals surface area contributed by atoms with Gasteiger partial charge in [-0.3, -0.25) is 9.79 Å². The van der Waals surface area contributed by atoms with Gasteiger partial charge in [0.15, 0.2) is 17.1 Å². The van der Waals surface area contributed by atoms with Crippen molar-refractivity contribution in [3.8, 4) is 28.7 Å². The summed E-state index contributed by atoms with van der Waals surface area (Å²) in [6.07, 6.45) is 0.554. The Kier molecular flexibility index (Phi) is 4.97. The smallest absolute Gasteiger partial charge is 0.253 e. The molecule has 0 unspecified atom stereocenters. The molecule has 8 nitrogen and oxygen atoms in total. The molecule has 8 heteroatoms. The third kappa shape index (κ3) is 3.62. The van der Waals surface area contributed by atoms with E-state index in [1.165, 1.54) is 0 Å². The molecule has 0 atom stereocenters. The molecule has 2 aliphatic rings. The SMILES string of the molecule is C/N=c1/ccc2nc3c(C(=O)NCCc4ccc(O)cc4)cc(O)c(O)c3oc-2c1.